The summed E-state index contributed by atoms with van der Waals surface area (Å²) in [6, 6.07) is 0. The number of hydrogen-bond donors (Lipinski definition) is 0. The van der Waals surface area contributed by atoms with Crippen molar-refractivity contribution in [2.45, 2.75) is 26.7 Å². The molecule has 6 heavy (non-hydrogen) atoms. The molecule has 0 bridgehead atoms. The number of hydrogen-bond acceptors (Lipinski definition) is 0. The van der Waals surface area contributed by atoms with E-state index in [4.69, 9.17) is 4.65 Å². The van der Waals surface area contributed by atoms with Crippen LogP contribution in [0.5, 0.6) is 0 Å². The van der Waals surface area contributed by atoms with Crippen LogP contribution in [-0.4, -0.2) is 0 Å². The first-order chi connectivity index (χ1) is 2.91. The van der Waals surface area contributed by atoms with Crippen LogP contribution in [0.3, 0.4) is 0 Å². The van der Waals surface area contributed by atoms with Gasteiger partial charge in [-0.05, 0) is 0 Å². The van der Waals surface area contributed by atoms with Gasteiger partial charge in [-0.25, -0.2) is 0 Å². The van der Waals surface area contributed by atoms with E-state index in [0.717, 1.165) is 0 Å². The van der Waals surface area contributed by atoms with Gasteiger partial charge in [-0.2, -0.15) is 0 Å². The van der Waals surface area contributed by atoms with Crippen LogP contribution in [0, 0.1) is 6.65 Å². The van der Waals surface area contributed by atoms with Crippen molar-refractivity contribution in [2.75, 3.05) is 0 Å². The maximum absolute atomic E-state index is 7.50. The predicted octanol–water partition coefficient (Wildman–Crippen LogP) is 1.77. The molecular formula is C5H10O. The van der Waals surface area contributed by atoms with E-state index in [-0.39, 0.29) is 0 Å². The van der Waals surface area contributed by atoms with Crippen LogP contribution in [0.15, 0.2) is 0 Å². The van der Waals surface area contributed by atoms with E-state index in [2.05, 4.69) is 20.5 Å². The molecule has 0 atom stereocenters. The zero-order chi connectivity index (χ0) is 5.41. The quantitative estimate of drug-likeness (QED) is 0.342. The third-order valence-corrected chi connectivity index (χ3v) is 0.500. The average Bonchev–Trinajstić information content (AvgIpc) is 1.72. The Balaban J connectivity index is 0. The molecule has 0 fully saturated rings. The Morgan fingerprint density at radius 1 is 1.17 bits per heavy atom. The second-order valence-electron chi connectivity index (χ2n) is 1.000. The summed E-state index contributed by atoms with van der Waals surface area (Å²) in [5.41, 5.74) is 0. The summed E-state index contributed by atoms with van der Waals surface area (Å²) in [5.74, 6) is 0. The molecule has 0 aromatic heterocycles. The first-order valence-corrected chi connectivity index (χ1v) is 2.12. The zero-order valence-corrected chi connectivity index (χ0v) is 4.32. The van der Waals surface area contributed by atoms with Crippen LogP contribution < -0.4 is 0 Å². The first kappa shape index (κ1) is 9.22. The van der Waals surface area contributed by atoms with E-state index >= 15 is 0 Å². The molecule has 0 heterocycles. The van der Waals surface area contributed by atoms with Crippen molar-refractivity contribution in [3.05, 3.63) is 6.65 Å². The van der Waals surface area contributed by atoms with E-state index in [1.807, 2.05) is 0 Å². The van der Waals surface area contributed by atoms with E-state index in [1.54, 1.807) is 0 Å². The zero-order valence-electron chi connectivity index (χ0n) is 4.32. The van der Waals surface area contributed by atoms with Gasteiger partial charge in [0.05, 0.1) is 0 Å². The van der Waals surface area contributed by atoms with Crippen molar-refractivity contribution < 1.29 is 4.65 Å². The predicted molar refractivity (Wildman–Crippen MR) is 24.5 cm³/mol. The summed E-state index contributed by atoms with van der Waals surface area (Å²) in [7, 11) is 0. The van der Waals surface area contributed by atoms with Crippen LogP contribution in [0.4, 0.5) is 0 Å². The molecule has 36 valence electrons. The molecule has 0 aromatic rings. The van der Waals surface area contributed by atoms with Crippen LogP contribution in [0.25, 0.3) is 0 Å². The van der Waals surface area contributed by atoms with Gasteiger partial charge in [-0.15, -0.1) is 0 Å². The SMILES string of the molecule is CCCC.[C-]#[O+]. The molecule has 1 heteroatoms. The van der Waals surface area contributed by atoms with E-state index < -0.39 is 0 Å². The van der Waals surface area contributed by atoms with Crippen molar-refractivity contribution in [2.24, 2.45) is 0 Å². The molecule has 0 saturated heterocycles. The molecule has 0 aliphatic rings. The molecule has 0 aliphatic carbocycles. The second-order valence-corrected chi connectivity index (χ2v) is 1.000. The molecule has 0 spiro atoms. The maximum atomic E-state index is 7.50. The molecule has 0 unspecified atom stereocenters. The molecule has 0 saturated carbocycles. The van der Waals surface area contributed by atoms with Crippen LogP contribution in [0.2, 0.25) is 0 Å². The van der Waals surface area contributed by atoms with Gasteiger partial charge in [-0.3, -0.25) is 0 Å². The minimum absolute atomic E-state index is 1.32. The Labute approximate surface area is 39.1 Å². The van der Waals surface area contributed by atoms with Crippen molar-refractivity contribution in [3.63, 3.8) is 0 Å². The molecule has 0 aliphatic heterocycles. The Bertz CT molecular complexity index is 20.4. The Morgan fingerprint density at radius 2 is 1.33 bits per heavy atom. The van der Waals surface area contributed by atoms with Gasteiger partial charge in [-0.1, -0.05) is 26.7 Å². The number of rotatable bonds is 1. The molecule has 0 amide bonds. The van der Waals surface area contributed by atoms with Gasteiger partial charge in [0, 0.05) is 0 Å². The molecular weight excluding hydrogens is 76.1 g/mol. The van der Waals surface area contributed by atoms with E-state index in [1.165, 1.54) is 12.8 Å². The Morgan fingerprint density at radius 3 is 1.33 bits per heavy atom. The molecule has 0 aromatic carbocycles. The first-order valence-electron chi connectivity index (χ1n) is 2.12. The van der Waals surface area contributed by atoms with Gasteiger partial charge in [0.25, 0.3) is 0 Å². The summed E-state index contributed by atoms with van der Waals surface area (Å²) in [6.45, 7) is 8.86. The van der Waals surface area contributed by atoms with Crippen LogP contribution in [0.1, 0.15) is 26.7 Å². The van der Waals surface area contributed by atoms with Gasteiger partial charge in [0.15, 0.2) is 0 Å². The van der Waals surface area contributed by atoms with Crippen LogP contribution >= 0.6 is 0 Å². The summed E-state index contributed by atoms with van der Waals surface area (Å²) in [6.07, 6.45) is 2.64. The third kappa shape index (κ3) is 51.3. The minimum atomic E-state index is 1.32. The van der Waals surface area contributed by atoms with Crippen molar-refractivity contribution in [3.8, 4) is 0 Å². The summed E-state index contributed by atoms with van der Waals surface area (Å²) < 4.78 is 7.50. The Hall–Kier alpha value is -0.260. The molecule has 1 nitrogen and oxygen atoms in total. The Kier molecular flexibility index (Phi) is 33.7. The third-order valence-electron chi connectivity index (χ3n) is 0.500. The van der Waals surface area contributed by atoms with Gasteiger partial charge in [0.2, 0.25) is 0 Å². The van der Waals surface area contributed by atoms with E-state index in [9.17, 15) is 0 Å². The normalized spacial score (nSPS) is 5.33. The molecule has 0 rings (SSSR count). The summed E-state index contributed by atoms with van der Waals surface area (Å²) in [4.78, 5) is 0. The fourth-order valence-electron chi connectivity index (χ4n) is 0. The summed E-state index contributed by atoms with van der Waals surface area (Å²) >= 11 is 0. The fourth-order valence-corrected chi connectivity index (χ4v) is 0. The fraction of sp³-hybridized carbons (Fsp3) is 0.800. The van der Waals surface area contributed by atoms with Crippen molar-refractivity contribution in [1.82, 2.24) is 0 Å². The summed E-state index contributed by atoms with van der Waals surface area (Å²) in [5, 5.41) is 0. The topological polar surface area (TPSA) is 19.9 Å². The molecule has 0 N–H and O–H groups in total. The van der Waals surface area contributed by atoms with Crippen molar-refractivity contribution in [1.29, 1.82) is 0 Å². The second kappa shape index (κ2) is 21.9. The van der Waals surface area contributed by atoms with Crippen LogP contribution in [-0.2, 0) is 4.65 Å². The van der Waals surface area contributed by atoms with E-state index in [0.29, 0.717) is 0 Å². The average molecular weight is 86.1 g/mol. The van der Waals surface area contributed by atoms with Gasteiger partial charge in [0.1, 0.15) is 0 Å². The molecule has 0 radical (unpaired) electrons. The number of unbranched alkanes of at least 4 members (excludes halogenated alkanes) is 1. The monoisotopic (exact) mass is 86.1 g/mol. The van der Waals surface area contributed by atoms with Crippen molar-refractivity contribution >= 4 is 0 Å². The van der Waals surface area contributed by atoms with Gasteiger partial charge >= 0.3 is 11.3 Å². The standard InChI is InChI=1S/C4H10.CO/c1-3-4-2;1-2/h3-4H2,1-2H3;. The van der Waals surface area contributed by atoms with Gasteiger partial charge < -0.3 is 0 Å².